The number of benzene rings is 1. The van der Waals surface area contributed by atoms with Crippen molar-refractivity contribution < 1.29 is 14.0 Å². The van der Waals surface area contributed by atoms with Gasteiger partial charge in [-0.05, 0) is 64.2 Å². The molecular weight excluding hydrogens is 363 g/mol. The molecule has 0 spiro atoms. The molecule has 6 heteroatoms. The molecule has 1 aromatic rings. The minimum atomic E-state index is -0.412. The second kappa shape index (κ2) is 8.60. The smallest absolute Gasteiger partial charge is 0.443 e. The molecule has 0 aromatic heterocycles. The third kappa shape index (κ3) is 4.82. The first kappa shape index (κ1) is 21.4. The van der Waals surface area contributed by atoms with Crippen LogP contribution in [0, 0.1) is 0 Å². The van der Waals surface area contributed by atoms with Crippen LogP contribution in [0.25, 0.3) is 0 Å². The lowest BCUT2D eigenvalue weighted by molar-refractivity contribution is -0.00668. The third-order valence-electron chi connectivity index (χ3n) is 5.74. The van der Waals surface area contributed by atoms with Crippen molar-refractivity contribution in [3.63, 3.8) is 0 Å². The van der Waals surface area contributed by atoms with E-state index in [-0.39, 0.29) is 0 Å². The van der Waals surface area contributed by atoms with Crippen LogP contribution in [0.4, 0.5) is 0 Å². The van der Waals surface area contributed by atoms with E-state index in [1.54, 1.807) is 6.20 Å². The number of ether oxygens (including phenoxy) is 1. The number of rotatable bonds is 5. The summed E-state index contributed by atoms with van der Waals surface area (Å²) in [5.74, 6) is 1.45. The van der Waals surface area contributed by atoms with Crippen LogP contribution in [0.2, 0.25) is 0 Å². The van der Waals surface area contributed by atoms with Crippen LogP contribution in [0.3, 0.4) is 0 Å². The number of allylic oxidation sites excluding steroid dienone is 2. The van der Waals surface area contributed by atoms with Crippen molar-refractivity contribution in [2.45, 2.75) is 58.2 Å². The molecule has 3 rings (SSSR count). The fourth-order valence-electron chi connectivity index (χ4n) is 3.43. The lowest BCUT2D eigenvalue weighted by Gasteiger charge is -2.35. The quantitative estimate of drug-likeness (QED) is 0.603. The summed E-state index contributed by atoms with van der Waals surface area (Å²) in [5.41, 5.74) is 2.41. The van der Waals surface area contributed by atoms with E-state index >= 15 is 0 Å². The van der Waals surface area contributed by atoms with Crippen molar-refractivity contribution in [1.29, 1.82) is 0 Å². The summed E-state index contributed by atoms with van der Waals surface area (Å²) >= 11 is 0. The van der Waals surface area contributed by atoms with Gasteiger partial charge < -0.3 is 19.4 Å². The van der Waals surface area contributed by atoms with Crippen molar-refractivity contribution in [2.75, 3.05) is 7.05 Å². The van der Waals surface area contributed by atoms with Crippen LogP contribution in [0.5, 0.6) is 5.75 Å². The van der Waals surface area contributed by atoms with Crippen molar-refractivity contribution >= 4 is 18.5 Å². The van der Waals surface area contributed by atoms with Crippen molar-refractivity contribution in [1.82, 2.24) is 5.32 Å². The van der Waals surface area contributed by atoms with Gasteiger partial charge in [0.05, 0.1) is 23.1 Å². The zero-order chi connectivity index (χ0) is 21.1. The minimum Gasteiger partial charge on any atom is -0.443 e. The van der Waals surface area contributed by atoms with E-state index in [9.17, 15) is 0 Å². The van der Waals surface area contributed by atoms with Gasteiger partial charge in [-0.2, -0.15) is 0 Å². The van der Waals surface area contributed by atoms with Gasteiger partial charge in [0.1, 0.15) is 5.75 Å². The van der Waals surface area contributed by atoms with E-state index in [1.165, 1.54) is 5.57 Å². The molecule has 2 aliphatic heterocycles. The lowest BCUT2D eigenvalue weighted by atomic mass is 9.79. The number of likely N-dealkylation sites (N-methyl/N-ethyl adjacent to an activating group) is 1. The first-order valence-corrected chi connectivity index (χ1v) is 10.1. The fourth-order valence-corrected chi connectivity index (χ4v) is 3.43. The highest BCUT2D eigenvalue weighted by atomic mass is 16.7. The van der Waals surface area contributed by atoms with Crippen LogP contribution in [-0.4, -0.2) is 31.3 Å². The van der Waals surface area contributed by atoms with Gasteiger partial charge in [-0.25, -0.2) is 4.99 Å². The molecule has 2 aliphatic rings. The normalized spacial score (nSPS) is 24.0. The Kier molecular flexibility index (Phi) is 6.34. The van der Waals surface area contributed by atoms with Gasteiger partial charge >= 0.3 is 7.12 Å². The Morgan fingerprint density at radius 3 is 2.59 bits per heavy atom. The molecule has 0 amide bonds. The SMILES string of the molecule is C=CCC1(C)OB(c2ccc(OC3=NC=C(NC)C=C(C)CC3)cc2)OC1(C)C. The molecule has 1 aromatic carbocycles. The van der Waals surface area contributed by atoms with E-state index in [0.717, 1.165) is 36.2 Å². The predicted octanol–water partition coefficient (Wildman–Crippen LogP) is 4.12. The molecule has 0 saturated carbocycles. The molecule has 1 unspecified atom stereocenters. The van der Waals surface area contributed by atoms with Gasteiger partial charge in [0.15, 0.2) is 5.90 Å². The Morgan fingerprint density at radius 2 is 1.93 bits per heavy atom. The second-order valence-corrected chi connectivity index (χ2v) is 8.32. The van der Waals surface area contributed by atoms with Crippen LogP contribution in [-0.2, 0) is 9.31 Å². The van der Waals surface area contributed by atoms with Crippen molar-refractivity contribution in [3.8, 4) is 5.75 Å². The van der Waals surface area contributed by atoms with Crippen LogP contribution >= 0.6 is 0 Å². The van der Waals surface area contributed by atoms with Gasteiger partial charge in [0, 0.05) is 13.5 Å². The maximum atomic E-state index is 6.27. The monoisotopic (exact) mass is 394 g/mol. The molecule has 2 heterocycles. The van der Waals surface area contributed by atoms with Crippen LogP contribution in [0.15, 0.2) is 65.5 Å². The first-order valence-electron chi connectivity index (χ1n) is 10.1. The van der Waals surface area contributed by atoms with E-state index in [2.05, 4.69) is 50.7 Å². The van der Waals surface area contributed by atoms with Gasteiger partial charge in [-0.3, -0.25) is 0 Å². The van der Waals surface area contributed by atoms with Gasteiger partial charge in [-0.1, -0.05) is 23.8 Å². The van der Waals surface area contributed by atoms with E-state index < -0.39 is 18.3 Å². The minimum absolute atomic E-state index is 0.405. The summed E-state index contributed by atoms with van der Waals surface area (Å²) in [7, 11) is 1.48. The highest BCUT2D eigenvalue weighted by Crippen LogP contribution is 2.39. The number of nitrogens with one attached hydrogen (secondary N) is 1. The molecule has 1 fully saturated rings. The Balaban J connectivity index is 1.71. The Morgan fingerprint density at radius 1 is 1.21 bits per heavy atom. The highest BCUT2D eigenvalue weighted by Gasteiger charge is 2.53. The number of nitrogens with zero attached hydrogens (tertiary/aromatic N) is 1. The molecule has 0 aliphatic carbocycles. The molecule has 1 saturated heterocycles. The molecule has 0 radical (unpaired) electrons. The molecule has 1 atom stereocenters. The van der Waals surface area contributed by atoms with Crippen molar-refractivity contribution in [3.05, 3.63) is 60.5 Å². The van der Waals surface area contributed by atoms with Gasteiger partial charge in [0.25, 0.3) is 0 Å². The summed E-state index contributed by atoms with van der Waals surface area (Å²) in [6, 6.07) is 7.84. The van der Waals surface area contributed by atoms with Crippen molar-refractivity contribution in [2.24, 2.45) is 4.99 Å². The predicted molar refractivity (Wildman–Crippen MR) is 119 cm³/mol. The summed E-state index contributed by atoms with van der Waals surface area (Å²) in [6.07, 6.45) is 8.20. The van der Waals surface area contributed by atoms with Gasteiger partial charge in [-0.15, -0.1) is 6.58 Å². The largest absolute Gasteiger partial charge is 0.494 e. The maximum Gasteiger partial charge on any atom is 0.494 e. The van der Waals surface area contributed by atoms with E-state index in [0.29, 0.717) is 5.90 Å². The second-order valence-electron chi connectivity index (χ2n) is 8.32. The zero-order valence-corrected chi connectivity index (χ0v) is 18.1. The van der Waals surface area contributed by atoms with E-state index in [1.807, 2.05) is 37.4 Å². The van der Waals surface area contributed by atoms with E-state index in [4.69, 9.17) is 14.0 Å². The average Bonchev–Trinajstić information content (AvgIpc) is 2.91. The van der Waals surface area contributed by atoms with Gasteiger partial charge in [0.2, 0.25) is 0 Å². The first-order chi connectivity index (χ1) is 13.8. The number of aliphatic imine (C=N–C) groups is 1. The van der Waals surface area contributed by atoms with Crippen LogP contribution in [0.1, 0.15) is 47.0 Å². The molecule has 5 nitrogen and oxygen atoms in total. The molecule has 0 bridgehead atoms. The molecular formula is C23H31BN2O3. The molecule has 29 heavy (non-hydrogen) atoms. The average molecular weight is 394 g/mol. The molecule has 154 valence electrons. The summed E-state index contributed by atoms with van der Waals surface area (Å²) < 4.78 is 18.5. The Bertz CT molecular complexity index is 842. The zero-order valence-electron chi connectivity index (χ0n) is 18.1. The Hall–Kier alpha value is -2.31. The lowest BCUT2D eigenvalue weighted by Crippen LogP contribution is -2.44. The summed E-state index contributed by atoms with van der Waals surface area (Å²) in [5, 5.41) is 3.14. The molecule has 1 N–H and O–H groups in total. The highest BCUT2D eigenvalue weighted by molar-refractivity contribution is 6.62. The van der Waals surface area contributed by atoms with Crippen LogP contribution < -0.4 is 15.5 Å². The third-order valence-corrected chi connectivity index (χ3v) is 5.74. The Labute approximate surface area is 174 Å². The fraction of sp³-hybridized carbons (Fsp3) is 0.435. The maximum absolute atomic E-state index is 6.27. The topological polar surface area (TPSA) is 52.1 Å². The standard InChI is InChI=1S/C23H31BN2O3/c1-7-14-23(5)22(3,4)28-24(29-23)18-9-11-20(12-10-18)27-21-13-8-17(2)15-19(25-6)16-26-21/h7,9-12,15-16,25H,1,8,13-14H2,2-6H3. The number of hydrogen-bond acceptors (Lipinski definition) is 5. The summed E-state index contributed by atoms with van der Waals surface area (Å²) in [4.78, 5) is 4.49. The summed E-state index contributed by atoms with van der Waals surface area (Å²) in [6.45, 7) is 12.2. The number of hydrogen-bond donors (Lipinski definition) is 1.